The van der Waals surface area contributed by atoms with E-state index >= 15 is 0 Å². The van der Waals surface area contributed by atoms with Gasteiger partial charge in [0.1, 0.15) is 17.7 Å². The van der Waals surface area contributed by atoms with E-state index in [0.29, 0.717) is 0 Å². The maximum Gasteiger partial charge on any atom is 0.130 e. The van der Waals surface area contributed by atoms with Crippen LogP contribution in [0.5, 0.6) is 0 Å². The molecular weight excluding hydrogens is 557 g/mol. The average molecular weight is 571 g/mol. The van der Waals surface area contributed by atoms with Gasteiger partial charge in [-0.05, 0) is 80.3 Å². The molecule has 0 atom stereocenters. The number of thiophene rings is 6. The van der Waals surface area contributed by atoms with Gasteiger partial charge in [0.05, 0.1) is 9.75 Å². The Morgan fingerprint density at radius 3 is 1.61 bits per heavy atom. The van der Waals surface area contributed by atoms with Crippen molar-refractivity contribution in [2.45, 2.75) is 0 Å². The normalized spacial score (nSPS) is 10.7. The second kappa shape index (κ2) is 10.1. The van der Waals surface area contributed by atoms with Gasteiger partial charge in [-0.25, -0.2) is 0 Å². The molecule has 172 valence electrons. The summed E-state index contributed by atoms with van der Waals surface area (Å²) in [6.07, 6.45) is 1.69. The lowest BCUT2D eigenvalue weighted by Gasteiger charge is -2.08. The summed E-state index contributed by atoms with van der Waals surface area (Å²) in [5.74, 6) is 0. The Morgan fingerprint density at radius 2 is 1.03 bits per heavy atom. The lowest BCUT2D eigenvalue weighted by molar-refractivity contribution is 1.47. The van der Waals surface area contributed by atoms with Gasteiger partial charge in [-0.15, -0.1) is 68.0 Å². The standard InChI is InChI=1S/C28H14N2S6/c29-15-17(16-30)14-18-3-9-32-24(18)28-22(7-13-36-28)27-21(6-12-35-27)26-20(5-11-34-26)25-19(4-10-33-25)23-2-1-8-31-23/h1-14H. The Hall–Kier alpha value is -3.08. The van der Waals surface area contributed by atoms with Crippen LogP contribution in [-0.4, -0.2) is 0 Å². The Balaban J connectivity index is 1.45. The van der Waals surface area contributed by atoms with Crippen LogP contribution in [0, 0.1) is 22.7 Å². The molecule has 6 aromatic heterocycles. The van der Waals surface area contributed by atoms with Crippen molar-refractivity contribution >= 4 is 74.1 Å². The number of hydrogen-bond donors (Lipinski definition) is 0. The molecule has 0 saturated heterocycles. The van der Waals surface area contributed by atoms with Gasteiger partial charge in [0.2, 0.25) is 0 Å². The summed E-state index contributed by atoms with van der Waals surface area (Å²) >= 11 is 10.5. The monoisotopic (exact) mass is 570 g/mol. The third kappa shape index (κ3) is 4.12. The molecule has 6 heterocycles. The lowest BCUT2D eigenvalue weighted by Crippen LogP contribution is -1.82. The van der Waals surface area contributed by atoms with Crippen molar-refractivity contribution in [1.82, 2.24) is 0 Å². The highest BCUT2D eigenvalue weighted by molar-refractivity contribution is 7.22. The highest BCUT2D eigenvalue weighted by Gasteiger charge is 2.22. The topological polar surface area (TPSA) is 47.6 Å². The van der Waals surface area contributed by atoms with E-state index in [-0.39, 0.29) is 5.57 Å². The molecule has 0 saturated carbocycles. The Labute approximate surface area is 232 Å². The summed E-state index contributed by atoms with van der Waals surface area (Å²) in [6.45, 7) is 0. The molecule has 6 rings (SSSR count). The molecule has 36 heavy (non-hydrogen) atoms. The van der Waals surface area contributed by atoms with Crippen molar-refractivity contribution < 1.29 is 0 Å². The molecule has 0 amide bonds. The van der Waals surface area contributed by atoms with E-state index in [4.69, 9.17) is 0 Å². The van der Waals surface area contributed by atoms with Gasteiger partial charge in [0.25, 0.3) is 0 Å². The van der Waals surface area contributed by atoms with E-state index in [0.717, 1.165) is 10.4 Å². The maximum absolute atomic E-state index is 9.25. The fourth-order valence-electron chi connectivity index (χ4n) is 4.06. The van der Waals surface area contributed by atoms with Crippen LogP contribution < -0.4 is 0 Å². The second-order valence-corrected chi connectivity index (χ2v) is 13.1. The Kier molecular flexibility index (Phi) is 6.56. The van der Waals surface area contributed by atoms with Crippen molar-refractivity contribution in [2.75, 3.05) is 0 Å². The molecule has 0 unspecified atom stereocenters. The minimum atomic E-state index is 0.116. The molecule has 0 fully saturated rings. The molecule has 2 nitrogen and oxygen atoms in total. The number of nitriles is 2. The van der Waals surface area contributed by atoms with Crippen LogP contribution in [0.1, 0.15) is 5.56 Å². The van der Waals surface area contributed by atoms with Crippen molar-refractivity contribution in [3.63, 3.8) is 0 Å². The SMILES string of the molecule is N#CC(C#N)=Cc1ccsc1-c1sccc1-c1sccc1-c1sccc1-c1sccc1-c1cccs1. The summed E-state index contributed by atoms with van der Waals surface area (Å²) in [5.41, 5.74) is 6.05. The van der Waals surface area contributed by atoms with Gasteiger partial charge in [-0.3, -0.25) is 0 Å². The third-order valence-corrected chi connectivity index (χ3v) is 11.4. The first-order valence-electron chi connectivity index (χ1n) is 10.7. The molecule has 6 aromatic rings. The maximum atomic E-state index is 9.25. The van der Waals surface area contributed by atoms with Crippen molar-refractivity contribution in [3.8, 4) is 63.7 Å². The molecule has 0 N–H and O–H groups in total. The molecule has 0 aliphatic carbocycles. The first kappa shape index (κ1) is 23.3. The average Bonchev–Trinajstić information content (AvgIpc) is 3.71. The Morgan fingerprint density at radius 1 is 0.528 bits per heavy atom. The largest absolute Gasteiger partial charge is 0.192 e. The van der Waals surface area contributed by atoms with Crippen molar-refractivity contribution in [3.05, 3.63) is 85.9 Å². The van der Waals surface area contributed by atoms with E-state index in [1.807, 2.05) is 23.6 Å². The number of hydrogen-bond acceptors (Lipinski definition) is 8. The van der Waals surface area contributed by atoms with Crippen LogP contribution in [-0.2, 0) is 0 Å². The Bertz CT molecular complexity index is 1750. The van der Waals surface area contributed by atoms with Gasteiger partial charge < -0.3 is 0 Å². The minimum Gasteiger partial charge on any atom is -0.192 e. The van der Waals surface area contributed by atoms with E-state index in [1.165, 1.54) is 46.6 Å². The van der Waals surface area contributed by atoms with E-state index < -0.39 is 0 Å². The van der Waals surface area contributed by atoms with Crippen LogP contribution in [0.3, 0.4) is 0 Å². The number of allylic oxidation sites excluding steroid dienone is 1. The quantitative estimate of drug-likeness (QED) is 0.187. The summed E-state index contributed by atoms with van der Waals surface area (Å²) in [5, 5.41) is 31.3. The summed E-state index contributed by atoms with van der Waals surface area (Å²) in [4.78, 5) is 7.39. The predicted octanol–water partition coefficient (Wildman–Crippen LogP) is 10.8. The third-order valence-electron chi connectivity index (χ3n) is 5.62. The van der Waals surface area contributed by atoms with Gasteiger partial charge in [0, 0.05) is 41.8 Å². The smallest absolute Gasteiger partial charge is 0.130 e. The van der Waals surface area contributed by atoms with Gasteiger partial charge in [-0.1, -0.05) is 6.07 Å². The van der Waals surface area contributed by atoms with Crippen LogP contribution in [0.4, 0.5) is 0 Å². The van der Waals surface area contributed by atoms with Crippen molar-refractivity contribution in [1.29, 1.82) is 10.5 Å². The molecular formula is C28H14N2S6. The highest BCUT2D eigenvalue weighted by atomic mass is 32.1. The highest BCUT2D eigenvalue weighted by Crippen LogP contribution is 2.51. The van der Waals surface area contributed by atoms with E-state index in [1.54, 1.807) is 74.1 Å². The summed E-state index contributed by atoms with van der Waals surface area (Å²) in [6, 6.07) is 19.1. The first-order chi connectivity index (χ1) is 17.8. The van der Waals surface area contributed by atoms with Crippen LogP contribution in [0.25, 0.3) is 57.6 Å². The predicted molar refractivity (Wildman–Crippen MR) is 160 cm³/mol. The van der Waals surface area contributed by atoms with Gasteiger partial charge in [-0.2, -0.15) is 10.5 Å². The van der Waals surface area contributed by atoms with E-state index in [9.17, 15) is 10.5 Å². The minimum absolute atomic E-state index is 0.116. The lowest BCUT2D eigenvalue weighted by atomic mass is 10.0. The zero-order valence-electron chi connectivity index (χ0n) is 18.4. The van der Waals surface area contributed by atoms with Crippen LogP contribution >= 0.6 is 68.0 Å². The van der Waals surface area contributed by atoms with Crippen molar-refractivity contribution in [2.24, 2.45) is 0 Å². The van der Waals surface area contributed by atoms with Crippen LogP contribution in [0.15, 0.2) is 80.3 Å². The zero-order chi connectivity index (χ0) is 24.5. The summed E-state index contributed by atoms with van der Waals surface area (Å²) < 4.78 is 0. The van der Waals surface area contributed by atoms with Gasteiger partial charge in [0.15, 0.2) is 0 Å². The van der Waals surface area contributed by atoms with Crippen LogP contribution in [0.2, 0.25) is 0 Å². The van der Waals surface area contributed by atoms with E-state index in [2.05, 4.69) is 63.3 Å². The number of nitrogens with zero attached hydrogens (tertiary/aromatic N) is 2. The molecule has 8 heteroatoms. The molecule has 0 radical (unpaired) electrons. The molecule has 0 aliphatic rings. The fourth-order valence-corrected chi connectivity index (χ4v) is 9.87. The molecule has 0 bridgehead atoms. The van der Waals surface area contributed by atoms with Gasteiger partial charge >= 0.3 is 0 Å². The first-order valence-corrected chi connectivity index (χ1v) is 16.0. The molecule has 0 aliphatic heterocycles. The number of rotatable bonds is 6. The zero-order valence-corrected chi connectivity index (χ0v) is 23.3. The fraction of sp³-hybridized carbons (Fsp3) is 0. The second-order valence-electron chi connectivity index (χ2n) is 7.62. The summed E-state index contributed by atoms with van der Waals surface area (Å²) in [7, 11) is 0. The molecule has 0 aromatic carbocycles. The molecule has 0 spiro atoms.